The van der Waals surface area contributed by atoms with Gasteiger partial charge in [-0.1, -0.05) is 26.0 Å². The van der Waals surface area contributed by atoms with Gasteiger partial charge in [0, 0.05) is 17.7 Å². The second-order valence-corrected chi connectivity index (χ2v) is 19.5. The van der Waals surface area contributed by atoms with Gasteiger partial charge in [0.25, 0.3) is 5.91 Å². The van der Waals surface area contributed by atoms with Crippen LogP contribution in [0.2, 0.25) is 0 Å². The molecule has 0 bridgehead atoms. The zero-order valence-corrected chi connectivity index (χ0v) is 35.6. The van der Waals surface area contributed by atoms with Crippen LogP contribution in [0.4, 0.5) is 4.79 Å². The van der Waals surface area contributed by atoms with Gasteiger partial charge in [0.05, 0.1) is 42.1 Å². The number of rotatable bonds is 10. The highest BCUT2D eigenvalue weighted by Gasteiger charge is 2.63. The number of fused-ring (bicyclic) bond motifs is 3. The Hall–Kier alpha value is -5.45. The van der Waals surface area contributed by atoms with E-state index < -0.39 is 74.1 Å². The van der Waals surface area contributed by atoms with E-state index >= 15 is 0 Å². The molecule has 4 N–H and O–H groups in total. The number of hydrogen-bond acceptors (Lipinski definition) is 11. The van der Waals surface area contributed by atoms with E-state index in [1.165, 1.54) is 4.90 Å². The maximum Gasteiger partial charge on any atom is 0.405 e. The molecule has 17 heteroatoms. The summed E-state index contributed by atoms with van der Waals surface area (Å²) < 4.78 is 45.6. The smallest absolute Gasteiger partial charge is 0.405 e. The fourth-order valence-electron chi connectivity index (χ4n) is 8.31. The number of allylic oxidation sites excluding steroid dienone is 1. The number of benzene rings is 1. The highest BCUT2D eigenvalue weighted by Crippen LogP contribution is 2.48. The van der Waals surface area contributed by atoms with Gasteiger partial charge in [-0.2, -0.15) is 0 Å². The molecule has 16 nitrogen and oxygen atoms in total. The van der Waals surface area contributed by atoms with Gasteiger partial charge in [-0.05, 0) is 113 Å². The molecule has 7 atom stereocenters. The fraction of sp³-hybridized carbons (Fsp3) is 0.535. The molecule has 2 aliphatic carbocycles. The first-order valence-corrected chi connectivity index (χ1v) is 22.0. The lowest BCUT2D eigenvalue weighted by Gasteiger charge is -2.32. The van der Waals surface area contributed by atoms with Gasteiger partial charge in [0.1, 0.15) is 35.2 Å². The van der Waals surface area contributed by atoms with E-state index in [9.17, 15) is 32.7 Å². The van der Waals surface area contributed by atoms with Gasteiger partial charge in [-0.3, -0.25) is 24.1 Å². The molecule has 7 rings (SSSR count). The summed E-state index contributed by atoms with van der Waals surface area (Å²) in [5.41, 5.74) is -0.562. The number of nitrogens with one attached hydrogen (secondary N) is 3. The number of carboxylic acid groups (broad SMARTS) is 1. The van der Waals surface area contributed by atoms with Gasteiger partial charge >= 0.3 is 6.09 Å². The van der Waals surface area contributed by atoms with E-state index in [4.69, 9.17) is 19.2 Å². The van der Waals surface area contributed by atoms with Crippen molar-refractivity contribution in [2.24, 2.45) is 17.8 Å². The van der Waals surface area contributed by atoms with Gasteiger partial charge in [-0.15, -0.1) is 0 Å². The minimum Gasteiger partial charge on any atom is -0.497 e. The van der Waals surface area contributed by atoms with Crippen LogP contribution in [-0.4, -0.2) is 100 Å². The van der Waals surface area contributed by atoms with Crippen molar-refractivity contribution in [1.29, 1.82) is 0 Å². The lowest BCUT2D eigenvalue weighted by Crippen LogP contribution is -2.59. The summed E-state index contributed by atoms with van der Waals surface area (Å²) in [6.45, 7) is 9.14. The molecule has 0 spiro atoms. The number of carbonyl (C=O) groups is 4. The van der Waals surface area contributed by atoms with Crippen LogP contribution >= 0.6 is 0 Å². The molecule has 322 valence electrons. The average Bonchev–Trinajstić information content (AvgIpc) is 4.08. The topological polar surface area (TPSA) is 215 Å². The first-order chi connectivity index (χ1) is 28.4. The predicted molar refractivity (Wildman–Crippen MR) is 222 cm³/mol. The standard InChI is InChI=1S/C43H54N6O10S/c1-24(2)58-30-12-14-33(44-22-30)34-19-27-18-29(57-6)11-13-32(27)38(45-34)59-31-20-35-37(50)47-43(40(52)48-60(55,56)42(5)15-16-42)21-28(43)10-8-7-9-25(3)17-26(4)36(46-41(53)54)39(51)49(35)23-31/h8,10-14,18-19,22,24-26,28,31,35-36,46H,7,9,15-17,20-21,23H2,1-6H3,(H,47,50)(H,48,52)(H,53,54)/t25-,26+,28+,31+,35-,36-,43+/m0/s1. The van der Waals surface area contributed by atoms with Crippen LogP contribution in [0.1, 0.15) is 79.6 Å². The van der Waals surface area contributed by atoms with Crippen LogP contribution in [0, 0.1) is 17.8 Å². The van der Waals surface area contributed by atoms with Crippen LogP contribution in [0.25, 0.3) is 22.2 Å². The highest BCUT2D eigenvalue weighted by atomic mass is 32.2. The zero-order valence-electron chi connectivity index (χ0n) is 34.8. The maximum atomic E-state index is 14.6. The Morgan fingerprint density at radius 3 is 2.47 bits per heavy atom. The van der Waals surface area contributed by atoms with Crippen LogP contribution < -0.4 is 29.6 Å². The Morgan fingerprint density at radius 2 is 1.80 bits per heavy atom. The Bertz CT molecular complexity index is 2300. The molecule has 60 heavy (non-hydrogen) atoms. The molecule has 4 amide bonds. The van der Waals surface area contributed by atoms with Crippen molar-refractivity contribution < 1.29 is 46.9 Å². The van der Waals surface area contributed by atoms with Crippen molar-refractivity contribution in [2.75, 3.05) is 13.7 Å². The largest absolute Gasteiger partial charge is 0.497 e. The Balaban J connectivity index is 1.24. The van der Waals surface area contributed by atoms with Gasteiger partial charge in [0.15, 0.2) is 0 Å². The molecule has 3 fully saturated rings. The van der Waals surface area contributed by atoms with Gasteiger partial charge < -0.3 is 34.9 Å². The van der Waals surface area contributed by atoms with E-state index in [1.807, 2.05) is 52.0 Å². The Kier molecular flexibility index (Phi) is 11.8. The number of sulfonamides is 1. The zero-order chi connectivity index (χ0) is 43.1. The minimum absolute atomic E-state index is 0.0419. The summed E-state index contributed by atoms with van der Waals surface area (Å²) in [5.74, 6) is -1.57. The van der Waals surface area contributed by atoms with Crippen LogP contribution in [0.5, 0.6) is 17.4 Å². The normalized spacial score (nSPS) is 27.8. The molecular weight excluding hydrogens is 793 g/mol. The monoisotopic (exact) mass is 846 g/mol. The molecule has 4 heterocycles. The predicted octanol–water partition coefficient (Wildman–Crippen LogP) is 4.96. The van der Waals surface area contributed by atoms with Crippen molar-refractivity contribution in [1.82, 2.24) is 30.2 Å². The number of amides is 4. The SMILES string of the molecule is COc1ccc2c(O[C@@H]3C[C@H]4C(=O)N[C@]5(C(=O)NS(=O)(=O)C6(C)CC6)C[C@H]5C=CCC[C@H](C)C[C@@H](C)[C@H](NC(=O)O)C(=O)N4C3)nc(-c3ccc(OC(C)C)cn3)cc2c1. The van der Waals surface area contributed by atoms with Crippen molar-refractivity contribution in [3.05, 3.63) is 54.7 Å². The van der Waals surface area contributed by atoms with Crippen molar-refractivity contribution in [3.8, 4) is 28.8 Å². The quantitative estimate of drug-likeness (QED) is 0.199. The highest BCUT2D eigenvalue weighted by molar-refractivity contribution is 7.91. The molecule has 4 aliphatic rings. The van der Waals surface area contributed by atoms with E-state index in [0.717, 1.165) is 11.8 Å². The van der Waals surface area contributed by atoms with E-state index in [-0.39, 0.29) is 37.3 Å². The fourth-order valence-corrected chi connectivity index (χ4v) is 9.63. The lowest BCUT2D eigenvalue weighted by atomic mass is 9.88. The molecular formula is C43H54N6O10S. The summed E-state index contributed by atoms with van der Waals surface area (Å²) >= 11 is 0. The summed E-state index contributed by atoms with van der Waals surface area (Å²) in [5, 5.41) is 16.5. The second kappa shape index (κ2) is 16.5. The Morgan fingerprint density at radius 1 is 1.05 bits per heavy atom. The number of carbonyl (C=O) groups excluding carboxylic acids is 3. The van der Waals surface area contributed by atoms with Gasteiger partial charge in [0.2, 0.25) is 27.7 Å². The molecule has 2 saturated carbocycles. The van der Waals surface area contributed by atoms with Crippen molar-refractivity contribution in [3.63, 3.8) is 0 Å². The number of hydrogen-bond donors (Lipinski definition) is 4. The molecule has 1 saturated heterocycles. The summed E-state index contributed by atoms with van der Waals surface area (Å²) in [6.07, 6.45) is 5.96. The second-order valence-electron chi connectivity index (χ2n) is 17.3. The number of methoxy groups -OCH3 is 1. The molecule has 3 aromatic rings. The molecule has 0 radical (unpaired) electrons. The third-order valence-corrected chi connectivity index (χ3v) is 14.3. The lowest BCUT2D eigenvalue weighted by molar-refractivity contribution is -0.142. The number of ether oxygens (including phenoxy) is 3. The van der Waals surface area contributed by atoms with Crippen LogP contribution in [-0.2, 0) is 24.4 Å². The molecule has 2 aliphatic heterocycles. The molecule has 0 unspecified atom stereocenters. The average molecular weight is 847 g/mol. The summed E-state index contributed by atoms with van der Waals surface area (Å²) in [7, 11) is -2.47. The van der Waals surface area contributed by atoms with Crippen molar-refractivity contribution in [2.45, 2.75) is 114 Å². The van der Waals surface area contributed by atoms with E-state index in [0.29, 0.717) is 54.0 Å². The first-order valence-electron chi connectivity index (χ1n) is 20.6. The summed E-state index contributed by atoms with van der Waals surface area (Å²) in [4.78, 5) is 66.1. The minimum atomic E-state index is -4.03. The number of nitrogens with zero attached hydrogens (tertiary/aromatic N) is 3. The first kappa shape index (κ1) is 42.7. The third kappa shape index (κ3) is 8.86. The van der Waals surface area contributed by atoms with Crippen LogP contribution in [0.15, 0.2) is 54.7 Å². The summed E-state index contributed by atoms with van der Waals surface area (Å²) in [6, 6.07) is 8.42. The Labute approximate surface area is 349 Å². The third-order valence-electron chi connectivity index (χ3n) is 12.2. The van der Waals surface area contributed by atoms with Crippen LogP contribution in [0.3, 0.4) is 0 Å². The van der Waals surface area contributed by atoms with E-state index in [1.54, 1.807) is 44.5 Å². The van der Waals surface area contributed by atoms with E-state index in [2.05, 4.69) is 20.3 Å². The number of pyridine rings is 2. The molecule has 1 aromatic carbocycles. The number of aromatic nitrogens is 2. The maximum absolute atomic E-state index is 14.6. The van der Waals surface area contributed by atoms with Crippen molar-refractivity contribution >= 4 is 44.6 Å². The molecule has 2 aromatic heterocycles. The van der Waals surface area contributed by atoms with Gasteiger partial charge in [-0.25, -0.2) is 18.2 Å².